The number of carbonyl (C=O) groups is 1. The third-order valence-electron chi connectivity index (χ3n) is 3.93. The standard InChI is InChI=1S/C19H17F4N3O2/c1-18(2,28)10-15(27)24-17-16(11-6-8-12(20)9-7-11)13-4-3-5-14(19(21,22)23)26(13)25-17/h3-9,28H,10H2,1-2H3,(H,24,25,27). The van der Waals surface area contributed by atoms with Gasteiger partial charge in [-0.3, -0.25) is 4.79 Å². The summed E-state index contributed by atoms with van der Waals surface area (Å²) in [7, 11) is 0. The number of aromatic nitrogens is 2. The van der Waals surface area contributed by atoms with Crippen molar-refractivity contribution in [2.75, 3.05) is 5.32 Å². The summed E-state index contributed by atoms with van der Waals surface area (Å²) in [6.07, 6.45) is -4.95. The molecular formula is C19H17F4N3O2. The predicted octanol–water partition coefficient (Wildman–Crippen LogP) is 4.26. The number of pyridine rings is 1. The lowest BCUT2D eigenvalue weighted by atomic mass is 10.0. The molecule has 2 N–H and O–H groups in total. The van der Waals surface area contributed by atoms with Crippen molar-refractivity contribution in [3.05, 3.63) is 54.0 Å². The van der Waals surface area contributed by atoms with Crippen LogP contribution in [0.3, 0.4) is 0 Å². The molecule has 3 aromatic rings. The molecule has 3 rings (SSSR count). The number of alkyl halides is 3. The van der Waals surface area contributed by atoms with E-state index >= 15 is 0 Å². The second kappa shape index (κ2) is 6.90. The maximum Gasteiger partial charge on any atom is 0.433 e. The van der Waals surface area contributed by atoms with Gasteiger partial charge >= 0.3 is 6.18 Å². The molecule has 0 saturated heterocycles. The summed E-state index contributed by atoms with van der Waals surface area (Å²) in [4.78, 5) is 12.2. The number of nitrogens with one attached hydrogen (secondary N) is 1. The molecule has 0 aliphatic heterocycles. The molecule has 28 heavy (non-hydrogen) atoms. The van der Waals surface area contributed by atoms with Crippen LogP contribution in [0.2, 0.25) is 0 Å². The minimum Gasteiger partial charge on any atom is -0.390 e. The molecule has 0 radical (unpaired) electrons. The molecule has 2 heterocycles. The molecule has 0 unspecified atom stereocenters. The number of amides is 1. The van der Waals surface area contributed by atoms with Gasteiger partial charge in [0.1, 0.15) is 11.5 Å². The Kier molecular flexibility index (Phi) is 4.88. The van der Waals surface area contributed by atoms with Crippen LogP contribution in [0.5, 0.6) is 0 Å². The van der Waals surface area contributed by atoms with Crippen LogP contribution in [0, 0.1) is 5.82 Å². The minimum absolute atomic E-state index is 0.0972. The zero-order chi connectivity index (χ0) is 20.7. The molecule has 9 heteroatoms. The first-order valence-corrected chi connectivity index (χ1v) is 8.33. The molecule has 0 atom stereocenters. The van der Waals surface area contributed by atoms with Gasteiger partial charge in [0.15, 0.2) is 5.82 Å². The first kappa shape index (κ1) is 19.8. The Hall–Kier alpha value is -2.94. The van der Waals surface area contributed by atoms with E-state index in [1.54, 1.807) is 0 Å². The number of rotatable bonds is 4. The van der Waals surface area contributed by atoms with Crippen molar-refractivity contribution in [2.24, 2.45) is 0 Å². The number of fused-ring (bicyclic) bond motifs is 1. The van der Waals surface area contributed by atoms with Crippen molar-refractivity contribution in [1.29, 1.82) is 0 Å². The van der Waals surface area contributed by atoms with Gasteiger partial charge in [-0.1, -0.05) is 18.2 Å². The molecule has 5 nitrogen and oxygen atoms in total. The SMILES string of the molecule is CC(C)(O)CC(=O)Nc1nn2c(C(F)(F)F)cccc2c1-c1ccc(F)cc1. The van der Waals surface area contributed by atoms with E-state index < -0.39 is 29.2 Å². The van der Waals surface area contributed by atoms with Crippen molar-refractivity contribution >= 4 is 17.2 Å². The van der Waals surface area contributed by atoms with Crippen LogP contribution in [0.4, 0.5) is 23.4 Å². The molecule has 1 amide bonds. The quantitative estimate of drug-likeness (QED) is 0.649. The van der Waals surface area contributed by atoms with E-state index in [4.69, 9.17) is 0 Å². The number of benzene rings is 1. The fourth-order valence-electron chi connectivity index (χ4n) is 2.84. The topological polar surface area (TPSA) is 66.6 Å². The molecular weight excluding hydrogens is 378 g/mol. The Bertz CT molecular complexity index is 1020. The van der Waals surface area contributed by atoms with Gasteiger partial charge in [0.25, 0.3) is 0 Å². The van der Waals surface area contributed by atoms with Crippen LogP contribution in [-0.2, 0) is 11.0 Å². The second-order valence-electron chi connectivity index (χ2n) is 6.97. The van der Waals surface area contributed by atoms with Crippen molar-refractivity contribution in [2.45, 2.75) is 32.0 Å². The van der Waals surface area contributed by atoms with Crippen molar-refractivity contribution in [3.8, 4) is 11.1 Å². The minimum atomic E-state index is -4.67. The Morgan fingerprint density at radius 3 is 2.36 bits per heavy atom. The number of nitrogens with zero attached hydrogens (tertiary/aromatic N) is 2. The lowest BCUT2D eigenvalue weighted by Crippen LogP contribution is -2.27. The molecule has 0 aliphatic rings. The second-order valence-corrected chi connectivity index (χ2v) is 6.97. The lowest BCUT2D eigenvalue weighted by Gasteiger charge is -2.16. The maximum atomic E-state index is 13.4. The highest BCUT2D eigenvalue weighted by Gasteiger charge is 2.35. The van der Waals surface area contributed by atoms with Crippen LogP contribution in [0.25, 0.3) is 16.6 Å². The third kappa shape index (κ3) is 4.14. The molecule has 0 saturated carbocycles. The van der Waals surface area contributed by atoms with Gasteiger partial charge in [0.2, 0.25) is 5.91 Å². The van der Waals surface area contributed by atoms with Crippen molar-refractivity contribution in [3.63, 3.8) is 0 Å². The van der Waals surface area contributed by atoms with Crippen molar-refractivity contribution < 1.29 is 27.5 Å². The average Bonchev–Trinajstić information content (AvgIpc) is 2.90. The van der Waals surface area contributed by atoms with E-state index in [1.165, 1.54) is 38.1 Å². The van der Waals surface area contributed by atoms with E-state index in [1.807, 2.05) is 0 Å². The number of hydrogen-bond acceptors (Lipinski definition) is 3. The molecule has 0 bridgehead atoms. The molecule has 0 spiro atoms. The highest BCUT2D eigenvalue weighted by Crippen LogP contribution is 2.36. The van der Waals surface area contributed by atoms with E-state index in [2.05, 4.69) is 10.4 Å². The summed E-state index contributed by atoms with van der Waals surface area (Å²) in [6, 6.07) is 8.62. The monoisotopic (exact) mass is 395 g/mol. The Labute approximate surface area is 157 Å². The first-order valence-electron chi connectivity index (χ1n) is 8.33. The van der Waals surface area contributed by atoms with Gasteiger partial charge in [-0.2, -0.15) is 13.2 Å². The van der Waals surface area contributed by atoms with Gasteiger partial charge in [0, 0.05) is 0 Å². The van der Waals surface area contributed by atoms with E-state index in [0.717, 1.165) is 18.2 Å². The number of aliphatic hydroxyl groups is 1. The van der Waals surface area contributed by atoms with Gasteiger partial charge < -0.3 is 10.4 Å². The van der Waals surface area contributed by atoms with E-state index in [0.29, 0.717) is 10.1 Å². The van der Waals surface area contributed by atoms with Gasteiger partial charge in [-0.25, -0.2) is 8.91 Å². The molecule has 1 aromatic carbocycles. The molecule has 148 valence electrons. The van der Waals surface area contributed by atoms with Crippen LogP contribution in [0.1, 0.15) is 26.0 Å². The highest BCUT2D eigenvalue weighted by atomic mass is 19.4. The molecule has 0 fully saturated rings. The summed E-state index contributed by atoms with van der Waals surface area (Å²) in [6.45, 7) is 2.86. The maximum absolute atomic E-state index is 13.4. The average molecular weight is 395 g/mol. The summed E-state index contributed by atoms with van der Waals surface area (Å²) in [5.41, 5.74) is -1.63. The van der Waals surface area contributed by atoms with Gasteiger partial charge in [-0.15, -0.1) is 5.10 Å². The van der Waals surface area contributed by atoms with Crippen LogP contribution in [0.15, 0.2) is 42.5 Å². The van der Waals surface area contributed by atoms with Gasteiger partial charge in [0.05, 0.1) is 23.1 Å². The fraction of sp³-hybridized carbons (Fsp3) is 0.263. The van der Waals surface area contributed by atoms with Crippen LogP contribution < -0.4 is 5.32 Å². The third-order valence-corrected chi connectivity index (χ3v) is 3.93. The van der Waals surface area contributed by atoms with Crippen molar-refractivity contribution in [1.82, 2.24) is 9.61 Å². The number of halogens is 4. The summed E-state index contributed by atoms with van der Waals surface area (Å²) < 4.78 is 54.1. The Morgan fingerprint density at radius 1 is 1.14 bits per heavy atom. The van der Waals surface area contributed by atoms with Crippen LogP contribution >= 0.6 is 0 Å². The smallest absolute Gasteiger partial charge is 0.390 e. The molecule has 0 aliphatic carbocycles. The summed E-state index contributed by atoms with van der Waals surface area (Å²) >= 11 is 0. The van der Waals surface area contributed by atoms with Crippen LogP contribution in [-0.4, -0.2) is 26.2 Å². The largest absolute Gasteiger partial charge is 0.433 e. The number of hydrogen-bond donors (Lipinski definition) is 2. The first-order chi connectivity index (χ1) is 13.0. The lowest BCUT2D eigenvalue weighted by molar-refractivity contribution is -0.142. The van der Waals surface area contributed by atoms with E-state index in [9.17, 15) is 27.5 Å². The molecule has 2 aromatic heterocycles. The summed E-state index contributed by atoms with van der Waals surface area (Å²) in [5.74, 6) is -1.24. The van der Waals surface area contributed by atoms with Gasteiger partial charge in [-0.05, 0) is 43.7 Å². The summed E-state index contributed by atoms with van der Waals surface area (Å²) in [5, 5.41) is 16.2. The fourth-order valence-corrected chi connectivity index (χ4v) is 2.84. The normalized spacial score (nSPS) is 12.4. The predicted molar refractivity (Wildman–Crippen MR) is 95.1 cm³/mol. The zero-order valence-electron chi connectivity index (χ0n) is 15.0. The Balaban J connectivity index is 2.19. The highest BCUT2D eigenvalue weighted by molar-refractivity contribution is 5.99. The van der Waals surface area contributed by atoms with E-state index in [-0.39, 0.29) is 23.3 Å². The number of carbonyl (C=O) groups excluding carboxylic acids is 1. The Morgan fingerprint density at radius 2 is 1.79 bits per heavy atom. The number of anilines is 1. The zero-order valence-corrected chi connectivity index (χ0v) is 15.0.